The van der Waals surface area contributed by atoms with Gasteiger partial charge in [-0.1, -0.05) is 18.7 Å². The van der Waals surface area contributed by atoms with E-state index in [4.69, 9.17) is 0 Å². The average molecular weight is 279 g/mol. The van der Waals surface area contributed by atoms with E-state index in [1.807, 2.05) is 0 Å². The van der Waals surface area contributed by atoms with Gasteiger partial charge in [-0.25, -0.2) is 4.98 Å². The second-order valence-electron chi connectivity index (χ2n) is 4.50. The van der Waals surface area contributed by atoms with E-state index in [0.29, 0.717) is 5.82 Å². The van der Waals surface area contributed by atoms with Crippen LogP contribution < -0.4 is 5.32 Å². The molecule has 1 aromatic heterocycles. The third kappa shape index (κ3) is 2.51. The van der Waals surface area contributed by atoms with E-state index in [2.05, 4.69) is 16.9 Å². The van der Waals surface area contributed by atoms with Crippen LogP contribution in [0, 0.1) is 0 Å². The van der Waals surface area contributed by atoms with Crippen molar-refractivity contribution >= 4 is 5.91 Å². The number of carbonyl (C=O) groups excluding carboxylic acids is 1. The topological polar surface area (TPSA) is 108 Å². The molecule has 0 aromatic carbocycles. The zero-order chi connectivity index (χ0) is 14.7. The molecular formula is C13H17N3O4. The fourth-order valence-corrected chi connectivity index (χ4v) is 2.29. The predicted molar refractivity (Wildman–Crippen MR) is 70.6 cm³/mol. The molecule has 0 fully saturated rings. The monoisotopic (exact) mass is 279 g/mol. The number of fused-ring (bicyclic) bond motifs is 1. The molecule has 2 rings (SSSR count). The van der Waals surface area contributed by atoms with Gasteiger partial charge in [-0.15, -0.1) is 0 Å². The van der Waals surface area contributed by atoms with Crippen molar-refractivity contribution in [3.05, 3.63) is 43.0 Å². The summed E-state index contributed by atoms with van der Waals surface area (Å²) in [5.74, 6) is -0.0413. The number of rotatable bonds is 4. The highest BCUT2D eigenvalue weighted by Gasteiger charge is 2.42. The van der Waals surface area contributed by atoms with Gasteiger partial charge in [0.25, 0.3) is 0 Å². The van der Waals surface area contributed by atoms with Crippen LogP contribution in [0.2, 0.25) is 0 Å². The quantitative estimate of drug-likeness (QED) is 0.420. The summed E-state index contributed by atoms with van der Waals surface area (Å²) in [6, 6.07) is -1.52. The SMILES string of the molecule is C=C/C=C/C(=O)N[C@H]1c2nccn2[C@H](CO)[C@@H](O)[C@@H]1O. The van der Waals surface area contributed by atoms with Crippen molar-refractivity contribution in [2.75, 3.05) is 6.61 Å². The van der Waals surface area contributed by atoms with Crippen LogP contribution in [-0.4, -0.2) is 49.6 Å². The number of aromatic nitrogens is 2. The van der Waals surface area contributed by atoms with Crippen LogP contribution in [0.25, 0.3) is 0 Å². The Balaban J connectivity index is 2.27. The molecular weight excluding hydrogens is 262 g/mol. The van der Waals surface area contributed by atoms with E-state index in [-0.39, 0.29) is 6.61 Å². The maximum atomic E-state index is 11.7. The van der Waals surface area contributed by atoms with Crippen LogP contribution in [0.1, 0.15) is 17.9 Å². The van der Waals surface area contributed by atoms with E-state index < -0.39 is 30.2 Å². The summed E-state index contributed by atoms with van der Waals surface area (Å²) in [6.45, 7) is 3.12. The fourth-order valence-electron chi connectivity index (χ4n) is 2.29. The number of aliphatic hydroxyl groups is 3. The van der Waals surface area contributed by atoms with Gasteiger partial charge in [0, 0.05) is 18.5 Å². The Morgan fingerprint density at radius 1 is 1.50 bits per heavy atom. The Kier molecular flexibility index (Phi) is 4.33. The van der Waals surface area contributed by atoms with E-state index in [0.717, 1.165) is 0 Å². The van der Waals surface area contributed by atoms with Crippen molar-refractivity contribution in [2.45, 2.75) is 24.3 Å². The van der Waals surface area contributed by atoms with Gasteiger partial charge in [-0.3, -0.25) is 4.79 Å². The Morgan fingerprint density at radius 3 is 2.90 bits per heavy atom. The number of aliphatic hydroxyl groups excluding tert-OH is 3. The Hall–Kier alpha value is -1.96. The molecule has 1 aliphatic rings. The lowest BCUT2D eigenvalue weighted by molar-refractivity contribution is -0.120. The fraction of sp³-hybridized carbons (Fsp3) is 0.385. The molecule has 1 aliphatic heterocycles. The Morgan fingerprint density at radius 2 is 2.25 bits per heavy atom. The number of imidazole rings is 1. The van der Waals surface area contributed by atoms with Crippen LogP contribution in [0.3, 0.4) is 0 Å². The first kappa shape index (κ1) is 14.4. The van der Waals surface area contributed by atoms with Crippen molar-refractivity contribution in [2.24, 2.45) is 0 Å². The van der Waals surface area contributed by atoms with E-state index in [1.54, 1.807) is 10.8 Å². The van der Waals surface area contributed by atoms with Crippen molar-refractivity contribution in [3.63, 3.8) is 0 Å². The Labute approximate surface area is 115 Å². The lowest BCUT2D eigenvalue weighted by atomic mass is 9.94. The van der Waals surface area contributed by atoms with Gasteiger partial charge in [-0.05, 0) is 0 Å². The number of nitrogens with one attached hydrogen (secondary N) is 1. The third-order valence-electron chi connectivity index (χ3n) is 3.29. The second-order valence-corrected chi connectivity index (χ2v) is 4.50. The molecule has 4 atom stereocenters. The summed E-state index contributed by atoms with van der Waals surface area (Å²) in [6.07, 6.45) is 4.81. The summed E-state index contributed by atoms with van der Waals surface area (Å²) in [5, 5.41) is 32.0. The molecule has 0 saturated carbocycles. The molecule has 1 amide bonds. The van der Waals surface area contributed by atoms with Gasteiger partial charge >= 0.3 is 0 Å². The minimum atomic E-state index is -1.25. The minimum Gasteiger partial charge on any atom is -0.394 e. The minimum absolute atomic E-state index is 0.335. The molecule has 4 N–H and O–H groups in total. The van der Waals surface area contributed by atoms with Crippen LogP contribution in [-0.2, 0) is 4.79 Å². The highest BCUT2D eigenvalue weighted by molar-refractivity contribution is 5.88. The maximum absolute atomic E-state index is 11.7. The molecule has 1 aromatic rings. The van der Waals surface area contributed by atoms with E-state index in [1.165, 1.54) is 24.4 Å². The molecule has 0 spiro atoms. The summed E-state index contributed by atoms with van der Waals surface area (Å²) in [4.78, 5) is 15.8. The number of amides is 1. The van der Waals surface area contributed by atoms with Crippen LogP contribution >= 0.6 is 0 Å². The van der Waals surface area contributed by atoms with Crippen LogP contribution in [0.15, 0.2) is 37.2 Å². The first-order valence-electron chi connectivity index (χ1n) is 6.19. The molecule has 7 heteroatoms. The number of hydrogen-bond acceptors (Lipinski definition) is 5. The first-order chi connectivity index (χ1) is 9.60. The standard InChI is InChI=1S/C13H17N3O4/c1-2-3-4-9(18)15-10-12(20)11(19)8(7-17)16-6-5-14-13(10)16/h2-6,8,10-12,17,19-20H,1,7H2,(H,15,18)/b4-3+/t8-,10-,11-,12-/m1/s1. The molecule has 108 valence electrons. The zero-order valence-corrected chi connectivity index (χ0v) is 10.8. The van der Waals surface area contributed by atoms with E-state index >= 15 is 0 Å². The highest BCUT2D eigenvalue weighted by atomic mass is 16.3. The predicted octanol–water partition coefficient (Wildman–Crippen LogP) is -0.949. The average Bonchev–Trinajstić information content (AvgIpc) is 2.91. The van der Waals surface area contributed by atoms with Gasteiger partial charge in [0.1, 0.15) is 24.1 Å². The largest absolute Gasteiger partial charge is 0.394 e. The number of allylic oxidation sites excluding steroid dienone is 2. The summed E-state index contributed by atoms with van der Waals surface area (Å²) >= 11 is 0. The maximum Gasteiger partial charge on any atom is 0.244 e. The highest BCUT2D eigenvalue weighted by Crippen LogP contribution is 2.31. The molecule has 7 nitrogen and oxygen atoms in total. The zero-order valence-electron chi connectivity index (χ0n) is 10.8. The van der Waals surface area contributed by atoms with Crippen molar-refractivity contribution in [1.82, 2.24) is 14.9 Å². The number of carbonyl (C=O) groups is 1. The first-order valence-corrected chi connectivity index (χ1v) is 6.19. The molecule has 0 aliphatic carbocycles. The lowest BCUT2D eigenvalue weighted by Crippen LogP contribution is -2.51. The van der Waals surface area contributed by atoms with Gasteiger partial charge in [0.05, 0.1) is 12.6 Å². The molecule has 0 saturated heterocycles. The molecule has 0 radical (unpaired) electrons. The van der Waals surface area contributed by atoms with Crippen molar-refractivity contribution < 1.29 is 20.1 Å². The van der Waals surface area contributed by atoms with Crippen molar-refractivity contribution in [1.29, 1.82) is 0 Å². The smallest absolute Gasteiger partial charge is 0.244 e. The molecule has 0 unspecified atom stereocenters. The number of hydrogen-bond donors (Lipinski definition) is 4. The lowest BCUT2D eigenvalue weighted by Gasteiger charge is -2.37. The summed E-state index contributed by atoms with van der Waals surface area (Å²) < 4.78 is 1.56. The van der Waals surface area contributed by atoms with Gasteiger partial charge in [0.2, 0.25) is 5.91 Å². The van der Waals surface area contributed by atoms with E-state index in [9.17, 15) is 20.1 Å². The third-order valence-corrected chi connectivity index (χ3v) is 3.29. The van der Waals surface area contributed by atoms with Crippen LogP contribution in [0.4, 0.5) is 0 Å². The van der Waals surface area contributed by atoms with Gasteiger partial charge in [-0.2, -0.15) is 0 Å². The number of nitrogens with zero attached hydrogens (tertiary/aromatic N) is 2. The second kappa shape index (κ2) is 6.00. The Bertz CT molecular complexity index is 525. The molecule has 20 heavy (non-hydrogen) atoms. The molecule has 2 heterocycles. The normalized spacial score (nSPS) is 29.1. The van der Waals surface area contributed by atoms with Gasteiger partial charge in [0.15, 0.2) is 0 Å². The van der Waals surface area contributed by atoms with Crippen LogP contribution in [0.5, 0.6) is 0 Å². The molecule has 0 bridgehead atoms. The van der Waals surface area contributed by atoms with Crippen molar-refractivity contribution in [3.8, 4) is 0 Å². The van der Waals surface area contributed by atoms with Gasteiger partial charge < -0.3 is 25.2 Å². The summed E-state index contributed by atoms with van der Waals surface area (Å²) in [7, 11) is 0. The summed E-state index contributed by atoms with van der Waals surface area (Å²) in [5.41, 5.74) is 0.